The van der Waals surface area contributed by atoms with E-state index in [1.54, 1.807) is 26.0 Å². The molecule has 1 aromatic rings. The summed E-state index contributed by atoms with van der Waals surface area (Å²) in [6.45, 7) is 5.73. The summed E-state index contributed by atoms with van der Waals surface area (Å²) in [6.07, 6.45) is -0.228. The number of sulfonamides is 1. The number of rotatable bonds is 8. The Kier molecular flexibility index (Phi) is 6.17. The van der Waals surface area contributed by atoms with E-state index in [9.17, 15) is 13.2 Å². The summed E-state index contributed by atoms with van der Waals surface area (Å²) in [6, 6.07) is 5.80. The highest BCUT2D eigenvalue weighted by Gasteiger charge is 2.27. The smallest absolute Gasteiger partial charge is 0.304 e. The van der Waals surface area contributed by atoms with Crippen molar-refractivity contribution in [3.05, 3.63) is 24.3 Å². The minimum Gasteiger partial charge on any atom is -0.494 e. The third-order valence-electron chi connectivity index (χ3n) is 2.86. The maximum atomic E-state index is 12.5. The number of nitrogens with zero attached hydrogens (tertiary/aromatic N) is 1. The molecule has 0 aromatic heterocycles. The van der Waals surface area contributed by atoms with Crippen LogP contribution in [0.1, 0.15) is 27.2 Å². The first-order valence-electron chi connectivity index (χ1n) is 6.75. The maximum absolute atomic E-state index is 12.5. The summed E-state index contributed by atoms with van der Waals surface area (Å²) < 4.78 is 31.6. The molecule has 7 heteroatoms. The lowest BCUT2D eigenvalue weighted by atomic mass is 10.3. The highest BCUT2D eigenvalue weighted by atomic mass is 32.2. The van der Waals surface area contributed by atoms with E-state index in [0.29, 0.717) is 12.4 Å². The number of carbonyl (C=O) groups is 1. The number of carboxylic acids is 1. The molecule has 1 aromatic carbocycles. The summed E-state index contributed by atoms with van der Waals surface area (Å²) >= 11 is 0. The SMILES string of the molecule is CCOc1ccc(S(=O)(=O)N(CCC(=O)O)C(C)C)cc1. The van der Waals surface area contributed by atoms with Gasteiger partial charge in [0, 0.05) is 12.6 Å². The fraction of sp³-hybridized carbons (Fsp3) is 0.500. The van der Waals surface area contributed by atoms with Gasteiger partial charge >= 0.3 is 5.97 Å². The molecule has 0 saturated carbocycles. The van der Waals surface area contributed by atoms with Crippen LogP contribution in [0.4, 0.5) is 0 Å². The third-order valence-corrected chi connectivity index (χ3v) is 4.95. The molecule has 1 N–H and O–H groups in total. The lowest BCUT2D eigenvalue weighted by Crippen LogP contribution is -2.38. The lowest BCUT2D eigenvalue weighted by Gasteiger charge is -2.25. The standard InChI is InChI=1S/C14H21NO5S/c1-4-20-12-5-7-13(8-6-12)21(18,19)15(11(2)3)10-9-14(16)17/h5-8,11H,4,9-10H2,1-3H3,(H,16,17). The number of aliphatic carboxylic acids is 1. The maximum Gasteiger partial charge on any atom is 0.304 e. The lowest BCUT2D eigenvalue weighted by molar-refractivity contribution is -0.137. The van der Waals surface area contributed by atoms with Crippen molar-refractivity contribution in [2.24, 2.45) is 0 Å². The van der Waals surface area contributed by atoms with Crippen LogP contribution < -0.4 is 4.74 Å². The van der Waals surface area contributed by atoms with Crippen molar-refractivity contribution in [1.82, 2.24) is 4.31 Å². The molecule has 0 spiro atoms. The summed E-state index contributed by atoms with van der Waals surface area (Å²) in [5.41, 5.74) is 0. The van der Waals surface area contributed by atoms with Crippen LogP contribution in [0.2, 0.25) is 0 Å². The van der Waals surface area contributed by atoms with E-state index >= 15 is 0 Å². The van der Waals surface area contributed by atoms with E-state index < -0.39 is 16.0 Å². The average molecular weight is 315 g/mol. The topological polar surface area (TPSA) is 83.9 Å². The summed E-state index contributed by atoms with van der Waals surface area (Å²) in [5.74, 6) is -0.430. The molecule has 0 aliphatic carbocycles. The van der Waals surface area contributed by atoms with Crippen LogP contribution in [-0.4, -0.2) is 43.0 Å². The molecule has 0 amide bonds. The Labute approximate surface area is 125 Å². The molecule has 0 bridgehead atoms. The van der Waals surface area contributed by atoms with Gasteiger partial charge in [0.2, 0.25) is 10.0 Å². The Morgan fingerprint density at radius 3 is 2.29 bits per heavy atom. The van der Waals surface area contributed by atoms with Crippen LogP contribution in [0.25, 0.3) is 0 Å². The normalized spacial score (nSPS) is 11.9. The molecule has 0 atom stereocenters. The second-order valence-electron chi connectivity index (χ2n) is 4.76. The number of ether oxygens (including phenoxy) is 1. The van der Waals surface area contributed by atoms with Crippen molar-refractivity contribution in [1.29, 1.82) is 0 Å². The van der Waals surface area contributed by atoms with Crippen molar-refractivity contribution in [3.63, 3.8) is 0 Å². The van der Waals surface area contributed by atoms with E-state index in [1.807, 2.05) is 6.92 Å². The molecule has 0 fully saturated rings. The van der Waals surface area contributed by atoms with Crippen LogP contribution >= 0.6 is 0 Å². The molecule has 0 saturated heterocycles. The Morgan fingerprint density at radius 2 is 1.86 bits per heavy atom. The van der Waals surface area contributed by atoms with Crippen molar-refractivity contribution in [2.75, 3.05) is 13.2 Å². The fourth-order valence-corrected chi connectivity index (χ4v) is 3.51. The fourth-order valence-electron chi connectivity index (χ4n) is 1.87. The van der Waals surface area contributed by atoms with Crippen molar-refractivity contribution >= 4 is 16.0 Å². The molecular formula is C14H21NO5S. The number of benzene rings is 1. The van der Waals surface area contributed by atoms with Gasteiger partial charge in [-0.2, -0.15) is 4.31 Å². The summed E-state index contributed by atoms with van der Waals surface area (Å²) in [7, 11) is -3.71. The zero-order chi connectivity index (χ0) is 16.0. The molecule has 6 nitrogen and oxygen atoms in total. The molecule has 0 unspecified atom stereocenters. The zero-order valence-corrected chi connectivity index (χ0v) is 13.3. The molecular weight excluding hydrogens is 294 g/mol. The molecule has 21 heavy (non-hydrogen) atoms. The molecule has 0 radical (unpaired) electrons. The second kappa shape index (κ2) is 7.42. The average Bonchev–Trinajstić information content (AvgIpc) is 2.38. The summed E-state index contributed by atoms with van der Waals surface area (Å²) in [4.78, 5) is 10.8. The molecule has 0 aliphatic rings. The van der Waals surface area contributed by atoms with Gasteiger partial charge < -0.3 is 9.84 Å². The predicted molar refractivity (Wildman–Crippen MR) is 78.9 cm³/mol. The number of hydrogen-bond donors (Lipinski definition) is 1. The van der Waals surface area contributed by atoms with Crippen molar-refractivity contribution in [2.45, 2.75) is 38.1 Å². The van der Waals surface area contributed by atoms with E-state index in [2.05, 4.69) is 0 Å². The van der Waals surface area contributed by atoms with Gasteiger partial charge in [-0.05, 0) is 45.0 Å². The minimum absolute atomic E-state index is 0.0530. The molecule has 0 aliphatic heterocycles. The minimum atomic E-state index is -3.71. The highest BCUT2D eigenvalue weighted by molar-refractivity contribution is 7.89. The number of carboxylic acid groups (broad SMARTS) is 1. The second-order valence-corrected chi connectivity index (χ2v) is 6.65. The van der Waals surface area contributed by atoms with Gasteiger partial charge in [-0.3, -0.25) is 4.79 Å². The van der Waals surface area contributed by atoms with E-state index in [0.717, 1.165) is 0 Å². The molecule has 1 rings (SSSR count). The van der Waals surface area contributed by atoms with E-state index in [-0.39, 0.29) is 23.9 Å². The highest BCUT2D eigenvalue weighted by Crippen LogP contribution is 2.21. The van der Waals surface area contributed by atoms with Gasteiger partial charge in [0.15, 0.2) is 0 Å². The van der Waals surface area contributed by atoms with Crippen LogP contribution in [0, 0.1) is 0 Å². The Hall–Kier alpha value is -1.60. The zero-order valence-electron chi connectivity index (χ0n) is 12.4. The van der Waals surface area contributed by atoms with Gasteiger partial charge in [0.25, 0.3) is 0 Å². The van der Waals surface area contributed by atoms with Gasteiger partial charge in [-0.25, -0.2) is 8.42 Å². The quantitative estimate of drug-likeness (QED) is 0.793. The summed E-state index contributed by atoms with van der Waals surface area (Å²) in [5, 5.41) is 8.74. The third kappa shape index (κ3) is 4.71. The van der Waals surface area contributed by atoms with Crippen molar-refractivity contribution < 1.29 is 23.1 Å². The van der Waals surface area contributed by atoms with Gasteiger partial charge in [-0.1, -0.05) is 0 Å². The van der Waals surface area contributed by atoms with Crippen LogP contribution in [0.3, 0.4) is 0 Å². The Bertz CT molecular complexity index is 566. The van der Waals surface area contributed by atoms with E-state index in [1.165, 1.54) is 16.4 Å². The predicted octanol–water partition coefficient (Wildman–Crippen LogP) is 1.96. The Morgan fingerprint density at radius 1 is 1.29 bits per heavy atom. The first kappa shape index (κ1) is 17.5. The number of hydrogen-bond acceptors (Lipinski definition) is 4. The van der Waals surface area contributed by atoms with Crippen molar-refractivity contribution in [3.8, 4) is 5.75 Å². The first-order chi connectivity index (χ1) is 9.78. The van der Waals surface area contributed by atoms with E-state index in [4.69, 9.17) is 9.84 Å². The molecule has 118 valence electrons. The first-order valence-corrected chi connectivity index (χ1v) is 8.19. The van der Waals surface area contributed by atoms with Crippen LogP contribution in [0.5, 0.6) is 5.75 Å². The molecule has 0 heterocycles. The monoisotopic (exact) mass is 315 g/mol. The van der Waals surface area contributed by atoms with Gasteiger partial charge in [0.1, 0.15) is 5.75 Å². The Balaban J connectivity index is 3.01. The van der Waals surface area contributed by atoms with Crippen LogP contribution in [0.15, 0.2) is 29.2 Å². The van der Waals surface area contributed by atoms with Crippen LogP contribution in [-0.2, 0) is 14.8 Å². The van der Waals surface area contributed by atoms with Gasteiger partial charge in [-0.15, -0.1) is 0 Å². The van der Waals surface area contributed by atoms with Gasteiger partial charge in [0.05, 0.1) is 17.9 Å². The largest absolute Gasteiger partial charge is 0.494 e.